The van der Waals surface area contributed by atoms with Gasteiger partial charge in [0.2, 0.25) is 0 Å². The van der Waals surface area contributed by atoms with Gasteiger partial charge in [0.05, 0.1) is 12.7 Å². The number of epoxide rings is 1. The first kappa shape index (κ1) is 8.21. The molecule has 3 heteroatoms. The van der Waals surface area contributed by atoms with E-state index in [2.05, 4.69) is 13.8 Å². The number of hydrogen-bond donors (Lipinski definition) is 2. The summed E-state index contributed by atoms with van der Waals surface area (Å²) in [7, 11) is 0. The topological polar surface area (TPSA) is 53.0 Å². The standard InChI is InChI=1S/C10H16O3/c1-9(2)5-3-6(9)10(4-11)8(13-10)7(5)12/h5-8,11-12H,3-4H2,1-2H3/t5-,6-,7-,8+,10-/m1/s1. The SMILES string of the molecule is CC1(C)[C@@H]2C[C@H]1[C@@]1(CO)O[C@H]1[C@@H]2O. The van der Waals surface area contributed by atoms with Gasteiger partial charge in [0, 0.05) is 0 Å². The lowest BCUT2D eigenvalue weighted by molar-refractivity contribution is -0.150. The number of ether oxygens (including phenoxy) is 1. The summed E-state index contributed by atoms with van der Waals surface area (Å²) < 4.78 is 5.52. The van der Waals surface area contributed by atoms with E-state index in [0.717, 1.165) is 6.42 Å². The molecular formula is C10H16O3. The molecule has 0 radical (unpaired) electrons. The summed E-state index contributed by atoms with van der Waals surface area (Å²) in [6.45, 7) is 4.41. The number of rotatable bonds is 1. The maximum Gasteiger partial charge on any atom is 0.124 e. The van der Waals surface area contributed by atoms with Crippen molar-refractivity contribution in [2.75, 3.05) is 6.61 Å². The lowest BCUT2D eigenvalue weighted by atomic mass is 9.44. The first-order valence-corrected chi connectivity index (χ1v) is 5.01. The molecule has 0 aromatic heterocycles. The molecule has 0 aromatic carbocycles. The van der Waals surface area contributed by atoms with Gasteiger partial charge in [-0.25, -0.2) is 0 Å². The molecule has 4 aliphatic rings. The largest absolute Gasteiger partial charge is 0.393 e. The Morgan fingerprint density at radius 1 is 1.46 bits per heavy atom. The van der Waals surface area contributed by atoms with E-state index in [-0.39, 0.29) is 29.8 Å². The lowest BCUT2D eigenvalue weighted by Crippen LogP contribution is -2.64. The third-order valence-electron chi connectivity index (χ3n) is 4.67. The molecule has 1 saturated heterocycles. The molecule has 4 rings (SSSR count). The molecule has 3 nitrogen and oxygen atoms in total. The van der Waals surface area contributed by atoms with Crippen molar-refractivity contribution in [1.82, 2.24) is 0 Å². The van der Waals surface area contributed by atoms with Crippen molar-refractivity contribution in [3.63, 3.8) is 0 Å². The van der Waals surface area contributed by atoms with Crippen molar-refractivity contribution < 1.29 is 14.9 Å². The maximum atomic E-state index is 9.92. The molecule has 1 heterocycles. The Morgan fingerprint density at radius 3 is 2.69 bits per heavy atom. The van der Waals surface area contributed by atoms with Crippen LogP contribution in [-0.2, 0) is 4.74 Å². The number of aliphatic hydroxyl groups excluding tert-OH is 2. The zero-order valence-corrected chi connectivity index (χ0v) is 8.03. The molecule has 2 bridgehead atoms. The highest BCUT2D eigenvalue weighted by Crippen LogP contribution is 2.70. The van der Waals surface area contributed by atoms with Crippen LogP contribution in [0.2, 0.25) is 0 Å². The highest BCUT2D eigenvalue weighted by Gasteiger charge is 2.78. The second-order valence-corrected chi connectivity index (χ2v) is 5.36. The van der Waals surface area contributed by atoms with Crippen molar-refractivity contribution in [3.8, 4) is 0 Å². The highest BCUT2D eigenvalue weighted by atomic mass is 16.6. The molecule has 74 valence electrons. The summed E-state index contributed by atoms with van der Waals surface area (Å²) >= 11 is 0. The van der Waals surface area contributed by atoms with Gasteiger partial charge in [-0.3, -0.25) is 0 Å². The van der Waals surface area contributed by atoms with Crippen molar-refractivity contribution >= 4 is 0 Å². The van der Waals surface area contributed by atoms with Gasteiger partial charge in [-0.05, 0) is 23.7 Å². The van der Waals surface area contributed by atoms with E-state index in [4.69, 9.17) is 4.74 Å². The summed E-state index contributed by atoms with van der Waals surface area (Å²) in [5, 5.41) is 19.2. The predicted molar refractivity (Wildman–Crippen MR) is 46.1 cm³/mol. The predicted octanol–water partition coefficient (Wildman–Crippen LogP) is 0.153. The van der Waals surface area contributed by atoms with E-state index in [1.165, 1.54) is 0 Å². The molecule has 0 spiro atoms. The van der Waals surface area contributed by atoms with Gasteiger partial charge < -0.3 is 14.9 Å². The van der Waals surface area contributed by atoms with E-state index >= 15 is 0 Å². The van der Waals surface area contributed by atoms with Crippen molar-refractivity contribution in [1.29, 1.82) is 0 Å². The van der Waals surface area contributed by atoms with Crippen LogP contribution in [0.3, 0.4) is 0 Å². The summed E-state index contributed by atoms with van der Waals surface area (Å²) in [5.41, 5.74) is -0.229. The van der Waals surface area contributed by atoms with E-state index < -0.39 is 0 Å². The molecule has 0 aromatic rings. The van der Waals surface area contributed by atoms with Crippen LogP contribution in [0, 0.1) is 17.3 Å². The van der Waals surface area contributed by atoms with Crippen molar-refractivity contribution in [2.24, 2.45) is 17.3 Å². The van der Waals surface area contributed by atoms with Crippen LogP contribution in [0.4, 0.5) is 0 Å². The first-order valence-electron chi connectivity index (χ1n) is 5.01. The third kappa shape index (κ3) is 0.661. The van der Waals surface area contributed by atoms with Gasteiger partial charge in [-0.1, -0.05) is 13.8 Å². The Labute approximate surface area is 77.7 Å². The fourth-order valence-electron chi connectivity index (χ4n) is 3.66. The number of hydrogen-bond acceptors (Lipinski definition) is 3. The Bertz CT molecular complexity index is 263. The molecule has 3 aliphatic carbocycles. The van der Waals surface area contributed by atoms with Crippen LogP contribution in [0.25, 0.3) is 0 Å². The summed E-state index contributed by atoms with van der Waals surface area (Å²) in [6, 6.07) is 0. The van der Waals surface area contributed by atoms with Crippen LogP contribution < -0.4 is 0 Å². The van der Waals surface area contributed by atoms with Gasteiger partial charge in [0.15, 0.2) is 0 Å². The smallest absolute Gasteiger partial charge is 0.124 e. The van der Waals surface area contributed by atoms with Crippen LogP contribution in [0.1, 0.15) is 20.3 Å². The van der Waals surface area contributed by atoms with Gasteiger partial charge in [-0.2, -0.15) is 0 Å². The molecule has 5 atom stereocenters. The van der Waals surface area contributed by atoms with E-state index in [0.29, 0.717) is 11.8 Å². The van der Waals surface area contributed by atoms with E-state index in [1.54, 1.807) is 0 Å². The third-order valence-corrected chi connectivity index (χ3v) is 4.67. The summed E-state index contributed by atoms with van der Waals surface area (Å²) in [6.07, 6.45) is 0.590. The lowest BCUT2D eigenvalue weighted by Gasteiger charge is -2.59. The van der Waals surface area contributed by atoms with Crippen LogP contribution in [0.5, 0.6) is 0 Å². The monoisotopic (exact) mass is 184 g/mol. The van der Waals surface area contributed by atoms with Gasteiger partial charge in [-0.15, -0.1) is 0 Å². The Hall–Kier alpha value is -0.120. The minimum Gasteiger partial charge on any atom is -0.393 e. The first-order chi connectivity index (χ1) is 6.04. The van der Waals surface area contributed by atoms with Gasteiger partial charge in [0.1, 0.15) is 11.7 Å². The quantitative estimate of drug-likeness (QED) is 0.570. The van der Waals surface area contributed by atoms with Crippen LogP contribution in [-0.4, -0.2) is 34.6 Å². The fraction of sp³-hybridized carbons (Fsp3) is 1.00. The summed E-state index contributed by atoms with van der Waals surface area (Å²) in [4.78, 5) is 0. The van der Waals surface area contributed by atoms with Gasteiger partial charge in [0.25, 0.3) is 0 Å². The second-order valence-electron chi connectivity index (χ2n) is 5.36. The van der Waals surface area contributed by atoms with E-state index in [1.807, 2.05) is 0 Å². The molecule has 1 aliphatic heterocycles. The van der Waals surface area contributed by atoms with Crippen LogP contribution >= 0.6 is 0 Å². The number of aliphatic hydroxyl groups is 2. The normalized spacial score (nSPS) is 60.9. The maximum absolute atomic E-state index is 9.92. The summed E-state index contributed by atoms with van der Waals surface area (Å²) in [5.74, 6) is 0.827. The minimum absolute atomic E-state index is 0.0650. The van der Waals surface area contributed by atoms with Crippen molar-refractivity contribution in [3.05, 3.63) is 0 Å². The molecule has 13 heavy (non-hydrogen) atoms. The molecular weight excluding hydrogens is 168 g/mol. The molecule has 4 fully saturated rings. The van der Waals surface area contributed by atoms with Gasteiger partial charge >= 0.3 is 0 Å². The molecule has 0 unspecified atom stereocenters. The zero-order chi connectivity index (χ0) is 9.43. The van der Waals surface area contributed by atoms with Crippen LogP contribution in [0.15, 0.2) is 0 Å². The minimum atomic E-state index is -0.377. The second kappa shape index (κ2) is 1.95. The Morgan fingerprint density at radius 2 is 2.15 bits per heavy atom. The zero-order valence-electron chi connectivity index (χ0n) is 8.03. The molecule has 2 N–H and O–H groups in total. The Balaban J connectivity index is 1.98. The highest BCUT2D eigenvalue weighted by molar-refractivity contribution is 5.25. The fourth-order valence-corrected chi connectivity index (χ4v) is 3.66. The molecule has 0 amide bonds. The van der Waals surface area contributed by atoms with Crippen molar-refractivity contribution in [2.45, 2.75) is 38.1 Å². The average Bonchev–Trinajstić information content (AvgIpc) is 2.80. The Kier molecular flexibility index (Phi) is 1.23. The van der Waals surface area contributed by atoms with E-state index in [9.17, 15) is 10.2 Å². The average molecular weight is 184 g/mol. The molecule has 3 saturated carbocycles.